The Bertz CT molecular complexity index is 582. The first-order valence-electron chi connectivity index (χ1n) is 5.93. The summed E-state index contributed by atoms with van der Waals surface area (Å²) in [7, 11) is -1.29. The molecule has 2 rings (SSSR count). The van der Waals surface area contributed by atoms with Crippen molar-refractivity contribution in [2.24, 2.45) is 5.16 Å². The lowest BCUT2D eigenvalue weighted by molar-refractivity contribution is 0.317. The Morgan fingerprint density at radius 3 is 2.11 bits per heavy atom. The molecule has 0 aliphatic heterocycles. The van der Waals surface area contributed by atoms with Crippen molar-refractivity contribution in [3.8, 4) is 0 Å². The molecule has 0 radical (unpaired) electrons. The van der Waals surface area contributed by atoms with E-state index in [-0.39, 0.29) is 0 Å². The fourth-order valence-corrected chi connectivity index (χ4v) is 3.35. The minimum Gasteiger partial charge on any atom is -0.411 e. The summed E-state index contributed by atoms with van der Waals surface area (Å²) in [5.41, 5.74) is 1.31. The Morgan fingerprint density at radius 1 is 1.05 bits per heavy atom. The largest absolute Gasteiger partial charge is 0.411 e. The van der Waals surface area contributed by atoms with Gasteiger partial charge in [0.15, 0.2) is 0 Å². The highest BCUT2D eigenvalue weighted by Gasteiger charge is 2.23. The standard InChI is InChI=1S/C15H15NO2S/c1-12(16-17)15(13-8-4-2-5-9-13)19(18)14-10-6-3-7-11-14/h2-11,15,17H,1H3/b16-12+. The van der Waals surface area contributed by atoms with Gasteiger partial charge in [0.1, 0.15) is 5.25 Å². The number of benzene rings is 2. The summed E-state index contributed by atoms with van der Waals surface area (Å²) >= 11 is 0. The third-order valence-electron chi connectivity index (χ3n) is 2.83. The molecular formula is C15H15NO2S. The highest BCUT2D eigenvalue weighted by molar-refractivity contribution is 7.86. The second-order valence-corrected chi connectivity index (χ2v) is 5.68. The minimum atomic E-state index is -1.29. The van der Waals surface area contributed by atoms with Crippen molar-refractivity contribution in [2.45, 2.75) is 17.1 Å². The molecule has 2 aromatic rings. The average Bonchev–Trinajstić information content (AvgIpc) is 2.49. The van der Waals surface area contributed by atoms with Crippen LogP contribution < -0.4 is 0 Å². The van der Waals surface area contributed by atoms with E-state index in [1.807, 2.05) is 60.7 Å². The molecule has 0 aromatic heterocycles. The third kappa shape index (κ3) is 3.09. The fourth-order valence-electron chi connectivity index (χ4n) is 1.89. The lowest BCUT2D eigenvalue weighted by Crippen LogP contribution is -2.15. The van der Waals surface area contributed by atoms with Crippen LogP contribution in [0.3, 0.4) is 0 Å². The van der Waals surface area contributed by atoms with E-state index in [4.69, 9.17) is 5.21 Å². The molecule has 0 fully saturated rings. The normalized spacial score (nSPS) is 14.9. The van der Waals surface area contributed by atoms with Crippen molar-refractivity contribution in [3.63, 3.8) is 0 Å². The smallest absolute Gasteiger partial charge is 0.106 e. The molecular weight excluding hydrogens is 258 g/mol. The predicted molar refractivity (Wildman–Crippen MR) is 76.9 cm³/mol. The first kappa shape index (κ1) is 13.5. The number of rotatable bonds is 4. The van der Waals surface area contributed by atoms with Crippen molar-refractivity contribution >= 4 is 16.5 Å². The van der Waals surface area contributed by atoms with Gasteiger partial charge in [-0.2, -0.15) is 0 Å². The van der Waals surface area contributed by atoms with Crippen molar-refractivity contribution < 1.29 is 9.42 Å². The van der Waals surface area contributed by atoms with E-state index in [1.54, 1.807) is 6.92 Å². The van der Waals surface area contributed by atoms with Gasteiger partial charge in [-0.15, -0.1) is 0 Å². The second kappa shape index (κ2) is 6.29. The molecule has 0 saturated carbocycles. The Morgan fingerprint density at radius 2 is 1.58 bits per heavy atom. The highest BCUT2D eigenvalue weighted by atomic mass is 32.2. The van der Waals surface area contributed by atoms with E-state index < -0.39 is 16.0 Å². The molecule has 0 bridgehead atoms. The Hall–Kier alpha value is -1.94. The number of nitrogens with zero attached hydrogens (tertiary/aromatic N) is 1. The summed E-state index contributed by atoms with van der Waals surface area (Å²) in [5, 5.41) is 11.8. The van der Waals surface area contributed by atoms with Gasteiger partial charge in [-0.1, -0.05) is 53.7 Å². The molecule has 0 saturated heterocycles. The lowest BCUT2D eigenvalue weighted by atomic mass is 10.1. The molecule has 0 amide bonds. The molecule has 3 nitrogen and oxygen atoms in total. The van der Waals surface area contributed by atoms with E-state index in [0.29, 0.717) is 5.71 Å². The summed E-state index contributed by atoms with van der Waals surface area (Å²) in [6, 6.07) is 18.7. The van der Waals surface area contributed by atoms with Crippen LogP contribution in [0.25, 0.3) is 0 Å². The molecule has 0 heterocycles. The van der Waals surface area contributed by atoms with E-state index >= 15 is 0 Å². The van der Waals surface area contributed by atoms with Crippen LogP contribution in [0, 0.1) is 0 Å². The third-order valence-corrected chi connectivity index (χ3v) is 4.61. The van der Waals surface area contributed by atoms with E-state index in [1.165, 1.54) is 0 Å². The number of hydrogen-bond acceptors (Lipinski definition) is 3. The van der Waals surface area contributed by atoms with Crippen LogP contribution in [-0.2, 0) is 10.8 Å². The van der Waals surface area contributed by atoms with E-state index in [0.717, 1.165) is 10.5 Å². The molecule has 0 aliphatic rings. The Balaban J connectivity index is 2.43. The first-order chi connectivity index (χ1) is 9.24. The van der Waals surface area contributed by atoms with Gasteiger partial charge >= 0.3 is 0 Å². The van der Waals surface area contributed by atoms with Gasteiger partial charge in [0.25, 0.3) is 0 Å². The molecule has 98 valence electrons. The predicted octanol–water partition coefficient (Wildman–Crippen LogP) is 3.39. The first-order valence-corrected chi connectivity index (χ1v) is 7.14. The van der Waals surface area contributed by atoms with Crippen molar-refractivity contribution in [1.82, 2.24) is 0 Å². The summed E-state index contributed by atoms with van der Waals surface area (Å²) in [5.74, 6) is 0. The van der Waals surface area contributed by atoms with E-state index in [9.17, 15) is 4.21 Å². The molecule has 1 N–H and O–H groups in total. The van der Waals surface area contributed by atoms with Crippen LogP contribution in [0.4, 0.5) is 0 Å². The van der Waals surface area contributed by atoms with Gasteiger partial charge in [0.05, 0.1) is 16.5 Å². The number of hydrogen-bond donors (Lipinski definition) is 1. The van der Waals surface area contributed by atoms with Gasteiger partial charge < -0.3 is 5.21 Å². The topological polar surface area (TPSA) is 49.7 Å². The summed E-state index contributed by atoms with van der Waals surface area (Å²) in [6.07, 6.45) is 0. The zero-order valence-electron chi connectivity index (χ0n) is 10.6. The van der Waals surface area contributed by atoms with Gasteiger partial charge in [0.2, 0.25) is 0 Å². The van der Waals surface area contributed by atoms with Crippen molar-refractivity contribution in [2.75, 3.05) is 0 Å². The summed E-state index contributed by atoms with van der Waals surface area (Å²) < 4.78 is 12.7. The van der Waals surface area contributed by atoms with E-state index in [2.05, 4.69) is 5.16 Å². The van der Waals surface area contributed by atoms with Gasteiger partial charge in [-0.05, 0) is 24.6 Å². The van der Waals surface area contributed by atoms with Gasteiger partial charge in [-0.25, -0.2) is 0 Å². The average molecular weight is 273 g/mol. The van der Waals surface area contributed by atoms with Gasteiger partial charge in [-0.3, -0.25) is 4.21 Å². The molecule has 2 aromatic carbocycles. The highest BCUT2D eigenvalue weighted by Crippen LogP contribution is 2.26. The maximum absolute atomic E-state index is 12.7. The second-order valence-electron chi connectivity index (χ2n) is 4.14. The van der Waals surface area contributed by atoms with Crippen LogP contribution in [-0.4, -0.2) is 15.1 Å². The van der Waals surface area contributed by atoms with Crippen LogP contribution in [0.2, 0.25) is 0 Å². The number of oxime groups is 1. The molecule has 19 heavy (non-hydrogen) atoms. The summed E-state index contributed by atoms with van der Waals surface area (Å²) in [6.45, 7) is 1.68. The quantitative estimate of drug-likeness (QED) is 0.527. The fraction of sp³-hybridized carbons (Fsp3) is 0.133. The lowest BCUT2D eigenvalue weighted by Gasteiger charge is -2.16. The minimum absolute atomic E-state index is 0.436. The van der Waals surface area contributed by atoms with Crippen LogP contribution >= 0.6 is 0 Å². The Labute approximate surface area is 115 Å². The van der Waals surface area contributed by atoms with Crippen LogP contribution in [0.1, 0.15) is 17.7 Å². The maximum atomic E-state index is 12.7. The van der Waals surface area contributed by atoms with Crippen LogP contribution in [0.5, 0.6) is 0 Å². The summed E-state index contributed by atoms with van der Waals surface area (Å²) in [4.78, 5) is 0.722. The molecule has 4 heteroatoms. The maximum Gasteiger partial charge on any atom is 0.106 e. The zero-order chi connectivity index (χ0) is 13.7. The SMILES string of the molecule is C/C(=N\O)C(c1ccccc1)S(=O)c1ccccc1. The van der Waals surface area contributed by atoms with Crippen LogP contribution in [0.15, 0.2) is 70.7 Å². The molecule has 0 aliphatic carbocycles. The molecule has 0 spiro atoms. The molecule has 2 unspecified atom stereocenters. The van der Waals surface area contributed by atoms with Gasteiger partial charge in [0, 0.05) is 4.90 Å². The monoisotopic (exact) mass is 273 g/mol. The van der Waals surface area contributed by atoms with Crippen molar-refractivity contribution in [3.05, 3.63) is 66.2 Å². The Kier molecular flexibility index (Phi) is 4.47. The zero-order valence-corrected chi connectivity index (χ0v) is 11.4. The molecule has 2 atom stereocenters. The van der Waals surface area contributed by atoms with Crippen molar-refractivity contribution in [1.29, 1.82) is 0 Å².